The van der Waals surface area contributed by atoms with E-state index in [0.29, 0.717) is 6.04 Å². The molecule has 0 spiro atoms. The number of nitrogens with zero attached hydrogens (tertiary/aromatic N) is 7. The first-order valence-corrected chi connectivity index (χ1v) is 9.31. The minimum atomic E-state index is 0.373. The normalized spacial score (nSPS) is 17.1. The summed E-state index contributed by atoms with van der Waals surface area (Å²) in [4.78, 5) is 24.6. The minimum absolute atomic E-state index is 0.373. The Balaban J connectivity index is 1.58. The van der Waals surface area contributed by atoms with Crippen molar-refractivity contribution in [3.05, 3.63) is 42.9 Å². The first-order valence-electron chi connectivity index (χ1n) is 9.31. The highest BCUT2D eigenvalue weighted by Crippen LogP contribution is 2.28. The molecule has 1 saturated heterocycles. The van der Waals surface area contributed by atoms with Crippen molar-refractivity contribution in [2.75, 3.05) is 48.9 Å². The molecule has 2 aromatic heterocycles. The summed E-state index contributed by atoms with van der Waals surface area (Å²) in [5, 5.41) is 1.11. The van der Waals surface area contributed by atoms with Gasteiger partial charge in [-0.2, -0.15) is 4.98 Å². The second-order valence-corrected chi connectivity index (χ2v) is 7.18. The molecule has 1 atom stereocenters. The minimum Gasteiger partial charge on any atom is -0.355 e. The fourth-order valence-corrected chi connectivity index (χ4v) is 3.64. The Bertz CT molecular complexity index is 922. The molecule has 7 heteroatoms. The van der Waals surface area contributed by atoms with E-state index in [1.165, 1.54) is 0 Å². The number of hydrogen-bond donors (Lipinski definition) is 0. The lowest BCUT2D eigenvalue weighted by Gasteiger charge is -2.39. The van der Waals surface area contributed by atoms with Crippen molar-refractivity contribution in [3.8, 4) is 0 Å². The van der Waals surface area contributed by atoms with Gasteiger partial charge in [0, 0.05) is 51.9 Å². The van der Waals surface area contributed by atoms with Crippen LogP contribution in [0.3, 0.4) is 0 Å². The van der Waals surface area contributed by atoms with E-state index in [1.54, 1.807) is 6.33 Å². The zero-order valence-electron chi connectivity index (χ0n) is 16.1. The van der Waals surface area contributed by atoms with E-state index in [-0.39, 0.29) is 0 Å². The van der Waals surface area contributed by atoms with Gasteiger partial charge in [0.25, 0.3) is 0 Å². The van der Waals surface area contributed by atoms with Crippen LogP contribution in [-0.2, 0) is 0 Å². The molecule has 140 valence electrons. The van der Waals surface area contributed by atoms with Crippen molar-refractivity contribution in [3.63, 3.8) is 0 Å². The van der Waals surface area contributed by atoms with Gasteiger partial charge >= 0.3 is 0 Å². The molecule has 0 amide bonds. The standard InChI is InChI=1S/C20H25N7/c1-25(2)20-21-11-10-18(24-20)26(3)15-7-6-12-27(13-15)19-16-8-4-5-9-17(16)22-14-23-19/h4-5,8-11,14-15H,6-7,12-13H2,1-3H3. The second-order valence-electron chi connectivity index (χ2n) is 7.18. The Morgan fingerprint density at radius 1 is 1.04 bits per heavy atom. The summed E-state index contributed by atoms with van der Waals surface area (Å²) in [6.45, 7) is 1.93. The SMILES string of the molecule is CN(C)c1nccc(N(C)C2CCCN(c3ncnc4ccccc34)C2)n1. The van der Waals surface area contributed by atoms with Crippen LogP contribution in [-0.4, -0.2) is 60.2 Å². The molecule has 1 fully saturated rings. The molecular weight excluding hydrogens is 338 g/mol. The van der Waals surface area contributed by atoms with Gasteiger partial charge in [0.15, 0.2) is 0 Å². The van der Waals surface area contributed by atoms with Gasteiger partial charge in [0.2, 0.25) is 5.95 Å². The number of likely N-dealkylation sites (N-methyl/N-ethyl adjacent to an activating group) is 1. The van der Waals surface area contributed by atoms with E-state index in [4.69, 9.17) is 4.98 Å². The van der Waals surface area contributed by atoms with Gasteiger partial charge in [-0.15, -0.1) is 0 Å². The van der Waals surface area contributed by atoms with Gasteiger partial charge in [-0.05, 0) is 31.0 Å². The van der Waals surface area contributed by atoms with Crippen LogP contribution >= 0.6 is 0 Å². The molecule has 7 nitrogen and oxygen atoms in total. The highest BCUT2D eigenvalue weighted by atomic mass is 15.3. The first-order chi connectivity index (χ1) is 13.1. The number of aromatic nitrogens is 4. The van der Waals surface area contributed by atoms with Gasteiger partial charge in [0.1, 0.15) is 18.0 Å². The van der Waals surface area contributed by atoms with Crippen LogP contribution in [0.25, 0.3) is 10.9 Å². The number of para-hydroxylation sites is 1. The molecule has 1 unspecified atom stereocenters. The van der Waals surface area contributed by atoms with E-state index >= 15 is 0 Å². The molecule has 1 aliphatic rings. The maximum absolute atomic E-state index is 4.69. The van der Waals surface area contributed by atoms with Crippen LogP contribution in [0.4, 0.5) is 17.6 Å². The van der Waals surface area contributed by atoms with Crippen LogP contribution in [0.2, 0.25) is 0 Å². The molecule has 1 aromatic carbocycles. The third kappa shape index (κ3) is 3.49. The smallest absolute Gasteiger partial charge is 0.226 e. The van der Waals surface area contributed by atoms with Gasteiger partial charge in [0.05, 0.1) is 5.52 Å². The number of piperidine rings is 1. The van der Waals surface area contributed by atoms with Crippen molar-refractivity contribution in [1.29, 1.82) is 0 Å². The van der Waals surface area contributed by atoms with Crippen LogP contribution in [0.1, 0.15) is 12.8 Å². The molecule has 3 aromatic rings. The number of benzene rings is 1. The summed E-state index contributed by atoms with van der Waals surface area (Å²) < 4.78 is 0. The molecule has 0 saturated carbocycles. The maximum Gasteiger partial charge on any atom is 0.226 e. The Labute approximate surface area is 159 Å². The molecule has 0 aliphatic carbocycles. The predicted molar refractivity (Wildman–Crippen MR) is 110 cm³/mol. The second kappa shape index (κ2) is 7.34. The van der Waals surface area contributed by atoms with E-state index in [9.17, 15) is 0 Å². The Kier molecular flexibility index (Phi) is 4.75. The quantitative estimate of drug-likeness (QED) is 0.706. The first kappa shape index (κ1) is 17.5. The zero-order valence-corrected chi connectivity index (χ0v) is 16.1. The van der Waals surface area contributed by atoms with E-state index in [1.807, 2.05) is 49.5 Å². The third-order valence-corrected chi connectivity index (χ3v) is 5.16. The summed E-state index contributed by atoms with van der Waals surface area (Å²) in [5.74, 6) is 2.71. The number of anilines is 3. The molecule has 0 bridgehead atoms. The van der Waals surface area contributed by atoms with E-state index < -0.39 is 0 Å². The molecule has 0 radical (unpaired) electrons. The Morgan fingerprint density at radius 3 is 2.74 bits per heavy atom. The van der Waals surface area contributed by atoms with Crippen LogP contribution in [0.5, 0.6) is 0 Å². The predicted octanol–water partition coefficient (Wildman–Crippen LogP) is 2.59. The van der Waals surface area contributed by atoms with Gasteiger partial charge < -0.3 is 14.7 Å². The summed E-state index contributed by atoms with van der Waals surface area (Å²) in [6.07, 6.45) is 5.75. The van der Waals surface area contributed by atoms with Crippen molar-refractivity contribution in [1.82, 2.24) is 19.9 Å². The largest absolute Gasteiger partial charge is 0.355 e. The number of hydrogen-bond acceptors (Lipinski definition) is 7. The molecular formula is C20H25N7. The highest BCUT2D eigenvalue weighted by Gasteiger charge is 2.26. The van der Waals surface area contributed by atoms with Crippen molar-refractivity contribution in [2.24, 2.45) is 0 Å². The average Bonchev–Trinajstić information content (AvgIpc) is 2.73. The molecule has 3 heterocycles. The monoisotopic (exact) mass is 363 g/mol. The maximum atomic E-state index is 4.69. The highest BCUT2D eigenvalue weighted by molar-refractivity contribution is 5.89. The molecule has 0 N–H and O–H groups in total. The van der Waals surface area contributed by atoms with E-state index in [2.05, 4.69) is 37.9 Å². The lowest BCUT2D eigenvalue weighted by Crippen LogP contribution is -2.47. The van der Waals surface area contributed by atoms with Crippen LogP contribution in [0.15, 0.2) is 42.9 Å². The number of fused-ring (bicyclic) bond motifs is 1. The number of rotatable bonds is 4. The fraction of sp³-hybridized carbons (Fsp3) is 0.400. The van der Waals surface area contributed by atoms with Crippen molar-refractivity contribution in [2.45, 2.75) is 18.9 Å². The summed E-state index contributed by atoms with van der Waals surface area (Å²) >= 11 is 0. The van der Waals surface area contributed by atoms with Gasteiger partial charge in [-0.1, -0.05) is 12.1 Å². The molecule has 4 rings (SSSR count). The van der Waals surface area contributed by atoms with Gasteiger partial charge in [-0.3, -0.25) is 0 Å². The van der Waals surface area contributed by atoms with Crippen LogP contribution < -0.4 is 14.7 Å². The van der Waals surface area contributed by atoms with Crippen molar-refractivity contribution < 1.29 is 0 Å². The van der Waals surface area contributed by atoms with E-state index in [0.717, 1.165) is 54.4 Å². The Morgan fingerprint density at radius 2 is 1.89 bits per heavy atom. The lowest BCUT2D eigenvalue weighted by molar-refractivity contribution is 0.484. The van der Waals surface area contributed by atoms with Crippen molar-refractivity contribution >= 4 is 28.5 Å². The Hall–Kier alpha value is -2.96. The zero-order chi connectivity index (χ0) is 18.8. The third-order valence-electron chi connectivity index (χ3n) is 5.16. The van der Waals surface area contributed by atoms with Gasteiger partial charge in [-0.25, -0.2) is 15.0 Å². The average molecular weight is 363 g/mol. The topological polar surface area (TPSA) is 61.3 Å². The summed E-state index contributed by atoms with van der Waals surface area (Å²) in [7, 11) is 6.04. The lowest BCUT2D eigenvalue weighted by atomic mass is 10.0. The summed E-state index contributed by atoms with van der Waals surface area (Å²) in [6, 6.07) is 10.6. The summed E-state index contributed by atoms with van der Waals surface area (Å²) in [5.41, 5.74) is 0.990. The fourth-order valence-electron chi connectivity index (χ4n) is 3.64. The molecule has 27 heavy (non-hydrogen) atoms. The molecule has 1 aliphatic heterocycles. The van der Waals surface area contributed by atoms with Crippen LogP contribution in [0, 0.1) is 0 Å².